The average Bonchev–Trinajstić information content (AvgIpc) is 2.37. The Morgan fingerprint density at radius 3 is 2.39 bits per heavy atom. The van der Waals surface area contributed by atoms with Gasteiger partial charge in [0, 0.05) is 11.3 Å². The van der Waals surface area contributed by atoms with Crippen molar-refractivity contribution < 1.29 is 9.84 Å². The fraction of sp³-hybridized carbons (Fsp3) is 0.385. The smallest absolute Gasteiger partial charge is 0.126 e. The van der Waals surface area contributed by atoms with Gasteiger partial charge in [0.15, 0.2) is 0 Å². The van der Waals surface area contributed by atoms with E-state index in [1.807, 2.05) is 12.1 Å². The molecular formula is C13H15N3O2. The molecule has 0 saturated heterocycles. The van der Waals surface area contributed by atoms with Gasteiger partial charge in [0.2, 0.25) is 0 Å². The van der Waals surface area contributed by atoms with Crippen LogP contribution in [0.2, 0.25) is 0 Å². The minimum absolute atomic E-state index is 0.0838. The molecule has 1 aromatic carbocycles. The first-order valence-electron chi connectivity index (χ1n) is 5.49. The number of anilines is 1. The highest BCUT2D eigenvalue weighted by Crippen LogP contribution is 2.34. The van der Waals surface area contributed by atoms with Crippen LogP contribution in [0.5, 0.6) is 5.75 Å². The largest absolute Gasteiger partial charge is 0.496 e. The van der Waals surface area contributed by atoms with Gasteiger partial charge in [0.05, 0.1) is 25.4 Å². The van der Waals surface area contributed by atoms with Crippen LogP contribution in [0.15, 0.2) is 18.2 Å². The number of nitriles is 2. The molecule has 0 aliphatic rings. The van der Waals surface area contributed by atoms with E-state index < -0.39 is 6.10 Å². The number of ether oxygens (including phenoxy) is 1. The van der Waals surface area contributed by atoms with Crippen molar-refractivity contribution in [3.8, 4) is 17.9 Å². The molecule has 94 valence electrons. The third kappa shape index (κ3) is 2.91. The molecular weight excluding hydrogens is 230 g/mol. The van der Waals surface area contributed by atoms with Crippen LogP contribution in [-0.2, 0) is 0 Å². The number of nitrogens with zero attached hydrogens (tertiary/aromatic N) is 3. The van der Waals surface area contributed by atoms with Crippen molar-refractivity contribution in [1.29, 1.82) is 10.5 Å². The lowest BCUT2D eigenvalue weighted by atomic mass is 10.1. The molecule has 5 nitrogen and oxygen atoms in total. The Hall–Kier alpha value is -2.24. The summed E-state index contributed by atoms with van der Waals surface area (Å²) in [7, 11) is 1.52. The van der Waals surface area contributed by atoms with E-state index in [0.29, 0.717) is 17.0 Å². The van der Waals surface area contributed by atoms with E-state index in [9.17, 15) is 5.11 Å². The van der Waals surface area contributed by atoms with Crippen LogP contribution >= 0.6 is 0 Å². The fourth-order valence-electron chi connectivity index (χ4n) is 1.80. The summed E-state index contributed by atoms with van der Waals surface area (Å²) in [5.41, 5.74) is 1.23. The molecule has 0 spiro atoms. The monoisotopic (exact) mass is 245 g/mol. The fourth-order valence-corrected chi connectivity index (χ4v) is 1.80. The molecule has 0 radical (unpaired) electrons. The zero-order valence-corrected chi connectivity index (χ0v) is 10.4. The van der Waals surface area contributed by atoms with Crippen LogP contribution in [-0.4, -0.2) is 25.3 Å². The van der Waals surface area contributed by atoms with E-state index in [4.69, 9.17) is 15.3 Å². The number of rotatable bonds is 5. The second kappa shape index (κ2) is 6.48. The summed E-state index contributed by atoms with van der Waals surface area (Å²) < 4.78 is 5.20. The van der Waals surface area contributed by atoms with E-state index >= 15 is 0 Å². The minimum Gasteiger partial charge on any atom is -0.496 e. The van der Waals surface area contributed by atoms with Crippen molar-refractivity contribution in [3.05, 3.63) is 23.8 Å². The van der Waals surface area contributed by atoms with Gasteiger partial charge in [0.25, 0.3) is 0 Å². The molecule has 0 aromatic heterocycles. The molecule has 5 heteroatoms. The maximum Gasteiger partial charge on any atom is 0.126 e. The van der Waals surface area contributed by atoms with Gasteiger partial charge in [-0.05, 0) is 19.1 Å². The van der Waals surface area contributed by atoms with E-state index in [2.05, 4.69) is 0 Å². The SMILES string of the molecule is COc1cccc(N(CC#N)CC#N)c1[C@@H](C)O. The number of benzene rings is 1. The van der Waals surface area contributed by atoms with Crippen LogP contribution < -0.4 is 9.64 Å². The zero-order valence-electron chi connectivity index (χ0n) is 10.4. The highest BCUT2D eigenvalue weighted by Gasteiger charge is 2.18. The molecule has 18 heavy (non-hydrogen) atoms. The van der Waals surface area contributed by atoms with E-state index in [1.165, 1.54) is 7.11 Å². The van der Waals surface area contributed by atoms with Gasteiger partial charge < -0.3 is 14.7 Å². The molecule has 0 amide bonds. The number of hydrogen-bond acceptors (Lipinski definition) is 5. The van der Waals surface area contributed by atoms with Gasteiger partial charge in [-0.25, -0.2) is 0 Å². The first-order chi connectivity index (χ1) is 8.65. The van der Waals surface area contributed by atoms with Gasteiger partial charge >= 0.3 is 0 Å². The first-order valence-corrected chi connectivity index (χ1v) is 5.49. The van der Waals surface area contributed by atoms with Crippen molar-refractivity contribution in [2.45, 2.75) is 13.0 Å². The number of aliphatic hydroxyl groups is 1. The third-order valence-corrected chi connectivity index (χ3v) is 2.54. The molecule has 0 heterocycles. The zero-order chi connectivity index (χ0) is 13.5. The van der Waals surface area contributed by atoms with Gasteiger partial charge in [-0.1, -0.05) is 6.07 Å². The Morgan fingerprint density at radius 1 is 1.33 bits per heavy atom. The molecule has 1 aromatic rings. The molecule has 0 saturated carbocycles. The van der Waals surface area contributed by atoms with Crippen molar-refractivity contribution in [2.75, 3.05) is 25.1 Å². The van der Waals surface area contributed by atoms with Gasteiger partial charge in [-0.2, -0.15) is 10.5 Å². The predicted octanol–water partition coefficient (Wildman–Crippen LogP) is 1.60. The Morgan fingerprint density at radius 2 is 1.94 bits per heavy atom. The van der Waals surface area contributed by atoms with Crippen molar-refractivity contribution >= 4 is 5.69 Å². The molecule has 1 N–H and O–H groups in total. The number of methoxy groups -OCH3 is 1. The summed E-state index contributed by atoms with van der Waals surface area (Å²) in [5, 5.41) is 27.4. The van der Waals surface area contributed by atoms with Gasteiger partial charge in [-0.3, -0.25) is 0 Å². The Balaban J connectivity index is 3.29. The maximum absolute atomic E-state index is 9.83. The Kier molecular flexibility index (Phi) is 4.98. The van der Waals surface area contributed by atoms with Crippen LogP contribution in [0.4, 0.5) is 5.69 Å². The molecule has 0 aliphatic heterocycles. The van der Waals surface area contributed by atoms with Crippen molar-refractivity contribution in [2.24, 2.45) is 0 Å². The molecule has 0 aliphatic carbocycles. The summed E-state index contributed by atoms with van der Waals surface area (Å²) in [6, 6.07) is 9.28. The molecule has 1 atom stereocenters. The lowest BCUT2D eigenvalue weighted by Gasteiger charge is -2.24. The summed E-state index contributed by atoms with van der Waals surface area (Å²) in [6.07, 6.45) is -0.740. The Labute approximate surface area is 106 Å². The van der Waals surface area contributed by atoms with Crippen LogP contribution in [0.1, 0.15) is 18.6 Å². The second-order valence-corrected chi connectivity index (χ2v) is 3.74. The van der Waals surface area contributed by atoms with Crippen LogP contribution in [0.25, 0.3) is 0 Å². The molecule has 0 unspecified atom stereocenters. The molecule has 0 fully saturated rings. The first kappa shape index (κ1) is 13.8. The van der Waals surface area contributed by atoms with Gasteiger partial charge in [0.1, 0.15) is 18.8 Å². The normalized spacial score (nSPS) is 11.2. The molecule has 1 rings (SSSR count). The number of hydrogen-bond donors (Lipinski definition) is 1. The topological polar surface area (TPSA) is 80.3 Å². The van der Waals surface area contributed by atoms with Crippen LogP contribution in [0.3, 0.4) is 0 Å². The average molecular weight is 245 g/mol. The summed E-state index contributed by atoms with van der Waals surface area (Å²) >= 11 is 0. The minimum atomic E-state index is -0.740. The summed E-state index contributed by atoms with van der Waals surface area (Å²) in [6.45, 7) is 1.79. The molecule has 0 bridgehead atoms. The highest BCUT2D eigenvalue weighted by atomic mass is 16.5. The van der Waals surface area contributed by atoms with Gasteiger partial charge in [-0.15, -0.1) is 0 Å². The van der Waals surface area contributed by atoms with E-state index in [-0.39, 0.29) is 13.1 Å². The van der Waals surface area contributed by atoms with Crippen molar-refractivity contribution in [1.82, 2.24) is 0 Å². The van der Waals surface area contributed by atoms with Crippen LogP contribution in [0, 0.1) is 22.7 Å². The van der Waals surface area contributed by atoms with E-state index in [1.54, 1.807) is 30.0 Å². The quantitative estimate of drug-likeness (QED) is 0.797. The maximum atomic E-state index is 9.83. The summed E-state index contributed by atoms with van der Waals surface area (Å²) in [4.78, 5) is 1.60. The van der Waals surface area contributed by atoms with Crippen molar-refractivity contribution in [3.63, 3.8) is 0 Å². The Bertz CT molecular complexity index is 470. The lowest BCUT2D eigenvalue weighted by Crippen LogP contribution is -2.25. The standard InChI is InChI=1S/C13H15N3O2/c1-10(17)13-11(4-3-5-12(13)18-2)16(8-6-14)9-7-15/h3-5,10,17H,8-9H2,1-2H3/t10-/m1/s1. The lowest BCUT2D eigenvalue weighted by molar-refractivity contribution is 0.194. The third-order valence-electron chi connectivity index (χ3n) is 2.54. The highest BCUT2D eigenvalue weighted by molar-refractivity contribution is 5.61. The van der Waals surface area contributed by atoms with E-state index in [0.717, 1.165) is 0 Å². The predicted molar refractivity (Wildman–Crippen MR) is 67.1 cm³/mol. The number of aliphatic hydroxyl groups excluding tert-OH is 1. The summed E-state index contributed by atoms with van der Waals surface area (Å²) in [5.74, 6) is 0.545. The second-order valence-electron chi connectivity index (χ2n) is 3.74.